The number of nitrogens with zero attached hydrogens (tertiary/aromatic N) is 4. The van der Waals surface area contributed by atoms with Crippen molar-refractivity contribution < 1.29 is 9.90 Å². The molecule has 1 saturated heterocycles. The van der Waals surface area contributed by atoms with Gasteiger partial charge in [0.1, 0.15) is 5.82 Å². The van der Waals surface area contributed by atoms with Gasteiger partial charge in [0, 0.05) is 44.3 Å². The van der Waals surface area contributed by atoms with Crippen molar-refractivity contribution in [3.05, 3.63) is 48.4 Å². The quantitative estimate of drug-likeness (QED) is 0.890. The summed E-state index contributed by atoms with van der Waals surface area (Å²) in [5, 5.41) is 12.0. The van der Waals surface area contributed by atoms with E-state index in [0.717, 1.165) is 43.0 Å². The zero-order chi connectivity index (χ0) is 17.6. The van der Waals surface area contributed by atoms with Crippen molar-refractivity contribution in [1.82, 2.24) is 14.9 Å². The maximum atomic E-state index is 12.4. The predicted octanol–water partition coefficient (Wildman–Crippen LogP) is 2.10. The molecule has 7 heteroatoms. The Morgan fingerprint density at radius 2 is 2.00 bits per heavy atom. The summed E-state index contributed by atoms with van der Waals surface area (Å²) >= 11 is 0. The van der Waals surface area contributed by atoms with E-state index in [-0.39, 0.29) is 18.7 Å². The molecule has 1 fully saturated rings. The van der Waals surface area contributed by atoms with E-state index in [1.54, 1.807) is 47.8 Å². The van der Waals surface area contributed by atoms with Crippen LogP contribution >= 0.6 is 0 Å². The van der Waals surface area contributed by atoms with Crippen LogP contribution in [0.1, 0.15) is 18.4 Å². The van der Waals surface area contributed by atoms with E-state index in [1.807, 2.05) is 7.05 Å². The lowest BCUT2D eigenvalue weighted by atomic mass is 10.0. The molecule has 1 aromatic carbocycles. The number of carbonyl (C=O) groups is 1. The Morgan fingerprint density at radius 3 is 2.60 bits per heavy atom. The highest BCUT2D eigenvalue weighted by Crippen LogP contribution is 2.20. The lowest BCUT2D eigenvalue weighted by Gasteiger charge is -2.37. The number of amides is 2. The standard InChI is InChI=1S/C18H23N5O2/c1-22(18(25)21-15-4-2-14(13-24)3-5-15)16-6-10-23(11-7-16)17-12-19-8-9-20-17/h2-5,8-9,12,16,24H,6-7,10-11,13H2,1H3,(H,21,25). The number of anilines is 2. The molecule has 2 aromatic rings. The Balaban J connectivity index is 1.52. The smallest absolute Gasteiger partial charge is 0.321 e. The van der Waals surface area contributed by atoms with E-state index >= 15 is 0 Å². The fourth-order valence-corrected chi connectivity index (χ4v) is 3.01. The fourth-order valence-electron chi connectivity index (χ4n) is 3.01. The van der Waals surface area contributed by atoms with Gasteiger partial charge in [-0.2, -0.15) is 0 Å². The molecule has 7 nitrogen and oxygen atoms in total. The molecule has 132 valence electrons. The minimum absolute atomic E-state index is 0.00149. The van der Waals surface area contributed by atoms with Crippen molar-refractivity contribution in [2.24, 2.45) is 0 Å². The van der Waals surface area contributed by atoms with Crippen LogP contribution in [0.4, 0.5) is 16.3 Å². The first-order valence-corrected chi connectivity index (χ1v) is 8.42. The van der Waals surface area contributed by atoms with Crippen molar-refractivity contribution in [2.45, 2.75) is 25.5 Å². The van der Waals surface area contributed by atoms with Gasteiger partial charge in [0.2, 0.25) is 0 Å². The van der Waals surface area contributed by atoms with Gasteiger partial charge >= 0.3 is 6.03 Å². The van der Waals surface area contributed by atoms with E-state index in [2.05, 4.69) is 20.2 Å². The van der Waals surface area contributed by atoms with Gasteiger partial charge in [0.15, 0.2) is 0 Å². The molecule has 1 aliphatic heterocycles. The number of hydrogen-bond acceptors (Lipinski definition) is 5. The number of rotatable bonds is 4. The molecular weight excluding hydrogens is 318 g/mol. The second kappa shape index (κ2) is 7.94. The number of aliphatic hydroxyl groups is 1. The number of urea groups is 1. The number of aromatic nitrogens is 2. The third kappa shape index (κ3) is 4.24. The summed E-state index contributed by atoms with van der Waals surface area (Å²) in [4.78, 5) is 24.9. The van der Waals surface area contributed by atoms with Gasteiger partial charge in [-0.25, -0.2) is 9.78 Å². The van der Waals surface area contributed by atoms with E-state index in [4.69, 9.17) is 5.11 Å². The van der Waals surface area contributed by atoms with E-state index in [0.29, 0.717) is 0 Å². The molecule has 25 heavy (non-hydrogen) atoms. The highest BCUT2D eigenvalue weighted by Gasteiger charge is 2.26. The van der Waals surface area contributed by atoms with Gasteiger partial charge in [-0.05, 0) is 30.5 Å². The molecule has 1 aromatic heterocycles. The summed E-state index contributed by atoms with van der Waals surface area (Å²) in [7, 11) is 1.83. The van der Waals surface area contributed by atoms with Crippen LogP contribution < -0.4 is 10.2 Å². The summed E-state index contributed by atoms with van der Waals surface area (Å²) < 4.78 is 0. The molecule has 0 radical (unpaired) electrons. The second-order valence-electron chi connectivity index (χ2n) is 6.18. The molecule has 0 saturated carbocycles. The van der Waals surface area contributed by atoms with Crippen LogP contribution in [0.2, 0.25) is 0 Å². The summed E-state index contributed by atoms with van der Waals surface area (Å²) in [5.74, 6) is 0.886. The van der Waals surface area contributed by atoms with Crippen LogP contribution in [-0.2, 0) is 6.61 Å². The van der Waals surface area contributed by atoms with Gasteiger partial charge in [-0.1, -0.05) is 12.1 Å². The number of piperidine rings is 1. The topological polar surface area (TPSA) is 81.6 Å². The van der Waals surface area contributed by atoms with Gasteiger partial charge in [0.05, 0.1) is 12.8 Å². The van der Waals surface area contributed by atoms with Crippen molar-refractivity contribution in [1.29, 1.82) is 0 Å². The maximum absolute atomic E-state index is 12.4. The summed E-state index contributed by atoms with van der Waals surface area (Å²) in [6, 6.07) is 7.28. The minimum Gasteiger partial charge on any atom is -0.392 e. The van der Waals surface area contributed by atoms with Crippen LogP contribution in [0.25, 0.3) is 0 Å². The van der Waals surface area contributed by atoms with E-state index in [1.165, 1.54) is 0 Å². The zero-order valence-electron chi connectivity index (χ0n) is 14.3. The highest BCUT2D eigenvalue weighted by molar-refractivity contribution is 5.89. The molecular formula is C18H23N5O2. The molecule has 0 unspecified atom stereocenters. The molecule has 2 amide bonds. The average Bonchev–Trinajstić information content (AvgIpc) is 2.69. The van der Waals surface area contributed by atoms with Crippen LogP contribution in [0.5, 0.6) is 0 Å². The SMILES string of the molecule is CN(C(=O)Nc1ccc(CO)cc1)C1CCN(c2cnccn2)CC1. The summed E-state index contributed by atoms with van der Waals surface area (Å²) in [6.45, 7) is 1.71. The zero-order valence-corrected chi connectivity index (χ0v) is 14.3. The van der Waals surface area contributed by atoms with Crippen molar-refractivity contribution in [2.75, 3.05) is 30.4 Å². The Labute approximate surface area is 147 Å². The first kappa shape index (κ1) is 17.2. The monoisotopic (exact) mass is 341 g/mol. The van der Waals surface area contributed by atoms with Crippen molar-refractivity contribution in [3.63, 3.8) is 0 Å². The van der Waals surface area contributed by atoms with E-state index < -0.39 is 0 Å². The second-order valence-corrected chi connectivity index (χ2v) is 6.18. The van der Waals surface area contributed by atoms with Crippen LogP contribution in [0.15, 0.2) is 42.9 Å². The Kier molecular flexibility index (Phi) is 5.45. The van der Waals surface area contributed by atoms with Crippen LogP contribution in [0, 0.1) is 0 Å². The Hall–Kier alpha value is -2.67. The van der Waals surface area contributed by atoms with Gasteiger partial charge in [-0.3, -0.25) is 4.98 Å². The summed E-state index contributed by atoms with van der Waals surface area (Å²) in [6.07, 6.45) is 6.92. The van der Waals surface area contributed by atoms with Crippen LogP contribution in [0.3, 0.4) is 0 Å². The lowest BCUT2D eigenvalue weighted by Crippen LogP contribution is -2.47. The Morgan fingerprint density at radius 1 is 1.28 bits per heavy atom. The number of aliphatic hydroxyl groups excluding tert-OH is 1. The van der Waals surface area contributed by atoms with Gasteiger partial charge < -0.3 is 20.2 Å². The van der Waals surface area contributed by atoms with E-state index in [9.17, 15) is 4.79 Å². The fraction of sp³-hybridized carbons (Fsp3) is 0.389. The number of hydrogen-bond donors (Lipinski definition) is 2. The van der Waals surface area contributed by atoms with Gasteiger partial charge in [0.25, 0.3) is 0 Å². The molecule has 0 bridgehead atoms. The molecule has 1 aliphatic rings. The van der Waals surface area contributed by atoms with Crippen molar-refractivity contribution >= 4 is 17.5 Å². The minimum atomic E-state index is -0.116. The third-order valence-electron chi connectivity index (χ3n) is 4.59. The molecule has 0 atom stereocenters. The first-order valence-electron chi connectivity index (χ1n) is 8.42. The largest absolute Gasteiger partial charge is 0.392 e. The lowest BCUT2D eigenvalue weighted by molar-refractivity contribution is 0.193. The van der Waals surface area contributed by atoms with Gasteiger partial charge in [-0.15, -0.1) is 0 Å². The molecule has 3 rings (SSSR count). The highest BCUT2D eigenvalue weighted by atomic mass is 16.3. The molecule has 0 aliphatic carbocycles. The first-order chi connectivity index (χ1) is 12.2. The molecule has 2 heterocycles. The maximum Gasteiger partial charge on any atom is 0.321 e. The summed E-state index contributed by atoms with van der Waals surface area (Å²) in [5.41, 5.74) is 1.55. The Bertz CT molecular complexity index is 684. The van der Waals surface area contributed by atoms with Crippen molar-refractivity contribution in [3.8, 4) is 0 Å². The number of nitrogens with one attached hydrogen (secondary N) is 1. The third-order valence-corrected chi connectivity index (χ3v) is 4.59. The molecule has 0 spiro atoms. The number of carbonyl (C=O) groups excluding carboxylic acids is 1. The number of benzene rings is 1. The normalized spacial score (nSPS) is 15.0. The molecule has 2 N–H and O–H groups in total. The van der Waals surface area contributed by atoms with Crippen LogP contribution in [-0.4, -0.2) is 52.2 Å². The predicted molar refractivity (Wildman–Crippen MR) is 96.4 cm³/mol. The average molecular weight is 341 g/mol.